The van der Waals surface area contributed by atoms with Gasteiger partial charge in [0.05, 0.1) is 7.11 Å². The Hall–Kier alpha value is -1.92. The van der Waals surface area contributed by atoms with Gasteiger partial charge >= 0.3 is 5.97 Å². The molecule has 1 aromatic rings. The number of nitrogens with one attached hydrogen (secondary N) is 1. The summed E-state index contributed by atoms with van der Waals surface area (Å²) in [5.41, 5.74) is 0. The third-order valence-electron chi connectivity index (χ3n) is 2.48. The molecule has 7 heteroatoms. The van der Waals surface area contributed by atoms with E-state index in [1.54, 1.807) is 6.92 Å². The van der Waals surface area contributed by atoms with E-state index in [4.69, 9.17) is 0 Å². The molecule has 18 heavy (non-hydrogen) atoms. The standard InChI is InChI=1S/C11H18N4O3/c1-4-5-6-12-10(16)8(2)15-7-13-9(14-15)11(17)18-3/h7-8H,4-6H2,1-3H3,(H,12,16). The summed E-state index contributed by atoms with van der Waals surface area (Å²) in [6.45, 7) is 4.38. The van der Waals surface area contributed by atoms with Crippen LogP contribution in [0, 0.1) is 0 Å². The highest BCUT2D eigenvalue weighted by Crippen LogP contribution is 2.04. The predicted octanol–water partition coefficient (Wildman–Crippen LogP) is 0.542. The van der Waals surface area contributed by atoms with Crippen LogP contribution < -0.4 is 5.32 Å². The van der Waals surface area contributed by atoms with Crippen molar-refractivity contribution in [1.82, 2.24) is 20.1 Å². The maximum Gasteiger partial charge on any atom is 0.377 e. The van der Waals surface area contributed by atoms with E-state index in [0.29, 0.717) is 6.54 Å². The summed E-state index contributed by atoms with van der Waals surface area (Å²) in [6, 6.07) is -0.507. The zero-order chi connectivity index (χ0) is 13.5. The summed E-state index contributed by atoms with van der Waals surface area (Å²) in [5, 5.41) is 6.69. The van der Waals surface area contributed by atoms with E-state index in [-0.39, 0.29) is 11.7 Å². The van der Waals surface area contributed by atoms with Crippen molar-refractivity contribution in [2.24, 2.45) is 0 Å². The summed E-state index contributed by atoms with van der Waals surface area (Å²) >= 11 is 0. The molecule has 1 amide bonds. The van der Waals surface area contributed by atoms with Crippen molar-refractivity contribution in [2.45, 2.75) is 32.7 Å². The van der Waals surface area contributed by atoms with Gasteiger partial charge in [0.25, 0.3) is 5.82 Å². The minimum absolute atomic E-state index is 0.0503. The average Bonchev–Trinajstić information content (AvgIpc) is 2.86. The fourth-order valence-electron chi connectivity index (χ4n) is 1.30. The molecule has 0 aliphatic carbocycles. The normalized spacial score (nSPS) is 11.9. The number of nitrogens with zero attached hydrogens (tertiary/aromatic N) is 3. The summed E-state index contributed by atoms with van der Waals surface area (Å²) in [5.74, 6) is -0.817. The second-order valence-electron chi connectivity index (χ2n) is 3.86. The van der Waals surface area contributed by atoms with Crippen molar-refractivity contribution in [1.29, 1.82) is 0 Å². The molecule has 0 aliphatic heterocycles. The van der Waals surface area contributed by atoms with Gasteiger partial charge in [-0.1, -0.05) is 13.3 Å². The van der Waals surface area contributed by atoms with Crippen molar-refractivity contribution < 1.29 is 14.3 Å². The van der Waals surface area contributed by atoms with Gasteiger partial charge in [-0.2, -0.15) is 0 Å². The summed E-state index contributed by atoms with van der Waals surface area (Å²) < 4.78 is 5.83. The molecule has 0 saturated heterocycles. The molecule has 1 unspecified atom stereocenters. The van der Waals surface area contributed by atoms with E-state index in [1.165, 1.54) is 18.1 Å². The topological polar surface area (TPSA) is 86.1 Å². The Morgan fingerprint density at radius 2 is 2.28 bits per heavy atom. The first-order valence-electron chi connectivity index (χ1n) is 5.87. The Morgan fingerprint density at radius 3 is 2.89 bits per heavy atom. The second kappa shape index (κ2) is 6.73. The van der Waals surface area contributed by atoms with Gasteiger partial charge in [-0.3, -0.25) is 4.79 Å². The van der Waals surface area contributed by atoms with Gasteiger partial charge in [0, 0.05) is 6.54 Å². The summed E-state index contributed by atoms with van der Waals surface area (Å²) in [6.07, 6.45) is 3.30. The van der Waals surface area contributed by atoms with E-state index >= 15 is 0 Å². The van der Waals surface area contributed by atoms with Gasteiger partial charge in [-0.25, -0.2) is 14.5 Å². The van der Waals surface area contributed by atoms with Crippen LogP contribution >= 0.6 is 0 Å². The highest BCUT2D eigenvalue weighted by Gasteiger charge is 2.18. The summed E-state index contributed by atoms with van der Waals surface area (Å²) in [7, 11) is 1.25. The molecule has 0 aromatic carbocycles. The fourth-order valence-corrected chi connectivity index (χ4v) is 1.30. The van der Waals surface area contributed by atoms with Gasteiger partial charge in [-0.05, 0) is 13.3 Å². The summed E-state index contributed by atoms with van der Waals surface area (Å²) in [4.78, 5) is 26.7. The van der Waals surface area contributed by atoms with Crippen molar-refractivity contribution in [3.05, 3.63) is 12.2 Å². The van der Waals surface area contributed by atoms with Crippen LogP contribution in [0.25, 0.3) is 0 Å². The Labute approximate surface area is 106 Å². The Morgan fingerprint density at radius 1 is 1.56 bits per heavy atom. The molecular weight excluding hydrogens is 236 g/mol. The number of carbonyl (C=O) groups excluding carboxylic acids is 2. The quantitative estimate of drug-likeness (QED) is 0.591. The highest BCUT2D eigenvalue weighted by atomic mass is 16.5. The highest BCUT2D eigenvalue weighted by molar-refractivity contribution is 5.85. The van der Waals surface area contributed by atoms with E-state index in [0.717, 1.165) is 12.8 Å². The van der Waals surface area contributed by atoms with Gasteiger partial charge in [0.2, 0.25) is 5.91 Å². The number of esters is 1. The zero-order valence-corrected chi connectivity index (χ0v) is 10.8. The lowest BCUT2D eigenvalue weighted by Crippen LogP contribution is -2.32. The lowest BCUT2D eigenvalue weighted by atomic mass is 10.3. The van der Waals surface area contributed by atoms with E-state index < -0.39 is 12.0 Å². The fraction of sp³-hybridized carbons (Fsp3) is 0.636. The lowest BCUT2D eigenvalue weighted by molar-refractivity contribution is -0.124. The van der Waals surface area contributed by atoms with Gasteiger partial charge in [-0.15, -0.1) is 5.10 Å². The Bertz CT molecular complexity index is 416. The third kappa shape index (κ3) is 3.54. The van der Waals surface area contributed by atoms with Crippen LogP contribution in [0.2, 0.25) is 0 Å². The number of rotatable bonds is 6. The van der Waals surface area contributed by atoms with Crippen LogP contribution in [0.4, 0.5) is 0 Å². The molecule has 0 radical (unpaired) electrons. The minimum atomic E-state index is -0.618. The predicted molar refractivity (Wildman–Crippen MR) is 64.0 cm³/mol. The first-order chi connectivity index (χ1) is 8.60. The molecule has 100 valence electrons. The second-order valence-corrected chi connectivity index (χ2v) is 3.86. The number of ether oxygens (including phenoxy) is 1. The van der Waals surface area contributed by atoms with Gasteiger partial charge in [0.15, 0.2) is 0 Å². The monoisotopic (exact) mass is 254 g/mol. The van der Waals surface area contributed by atoms with E-state index in [1.807, 2.05) is 0 Å². The molecule has 0 fully saturated rings. The van der Waals surface area contributed by atoms with Crippen LogP contribution in [0.1, 0.15) is 43.3 Å². The Balaban J connectivity index is 2.60. The molecule has 1 N–H and O–H groups in total. The van der Waals surface area contributed by atoms with Crippen molar-refractivity contribution >= 4 is 11.9 Å². The molecule has 7 nitrogen and oxygen atoms in total. The number of amides is 1. The molecule has 1 rings (SSSR count). The van der Waals surface area contributed by atoms with Gasteiger partial charge < -0.3 is 10.1 Å². The Kier molecular flexibility index (Phi) is 5.29. The molecular formula is C11H18N4O3. The minimum Gasteiger partial charge on any atom is -0.463 e. The number of hydrogen-bond acceptors (Lipinski definition) is 5. The molecule has 0 spiro atoms. The zero-order valence-electron chi connectivity index (χ0n) is 10.8. The first-order valence-corrected chi connectivity index (χ1v) is 5.87. The van der Waals surface area contributed by atoms with E-state index in [9.17, 15) is 9.59 Å². The smallest absolute Gasteiger partial charge is 0.377 e. The van der Waals surface area contributed by atoms with Crippen molar-refractivity contribution in [2.75, 3.05) is 13.7 Å². The molecule has 0 saturated carbocycles. The number of hydrogen-bond donors (Lipinski definition) is 1. The van der Waals surface area contributed by atoms with E-state index in [2.05, 4.69) is 27.1 Å². The lowest BCUT2D eigenvalue weighted by Gasteiger charge is -2.11. The third-order valence-corrected chi connectivity index (χ3v) is 2.48. The molecule has 0 aliphatic rings. The maximum atomic E-state index is 11.8. The number of aromatic nitrogens is 3. The number of methoxy groups -OCH3 is 1. The maximum absolute atomic E-state index is 11.8. The van der Waals surface area contributed by atoms with Crippen LogP contribution in [0.5, 0.6) is 0 Å². The van der Waals surface area contributed by atoms with Crippen LogP contribution in [0.3, 0.4) is 0 Å². The van der Waals surface area contributed by atoms with Crippen LogP contribution in [-0.4, -0.2) is 40.3 Å². The molecule has 1 aromatic heterocycles. The molecule has 1 atom stereocenters. The number of unbranched alkanes of at least 4 members (excludes halogenated alkanes) is 1. The van der Waals surface area contributed by atoms with Crippen molar-refractivity contribution in [3.8, 4) is 0 Å². The number of carbonyl (C=O) groups is 2. The molecule has 1 heterocycles. The van der Waals surface area contributed by atoms with Crippen LogP contribution in [0.15, 0.2) is 6.33 Å². The SMILES string of the molecule is CCCCNC(=O)C(C)n1cnc(C(=O)OC)n1. The van der Waals surface area contributed by atoms with Crippen LogP contribution in [-0.2, 0) is 9.53 Å². The average molecular weight is 254 g/mol. The molecule has 0 bridgehead atoms. The van der Waals surface area contributed by atoms with Crippen molar-refractivity contribution in [3.63, 3.8) is 0 Å². The first kappa shape index (κ1) is 14.1. The largest absolute Gasteiger partial charge is 0.463 e. The van der Waals surface area contributed by atoms with Gasteiger partial charge in [0.1, 0.15) is 12.4 Å².